The molecular formula is C26H26F4N2O6S. The van der Waals surface area contributed by atoms with Crippen molar-refractivity contribution in [1.82, 2.24) is 5.32 Å². The van der Waals surface area contributed by atoms with Crippen LogP contribution in [0.5, 0.6) is 11.5 Å². The number of methoxy groups -OCH3 is 1. The molecule has 210 valence electrons. The highest BCUT2D eigenvalue weighted by atomic mass is 32.2. The summed E-state index contributed by atoms with van der Waals surface area (Å²) in [6.07, 6.45) is 4.87. The van der Waals surface area contributed by atoms with Gasteiger partial charge in [0.2, 0.25) is 5.91 Å². The smallest absolute Gasteiger partial charge is 0.496 e. The van der Waals surface area contributed by atoms with E-state index in [0.717, 1.165) is 24.3 Å². The van der Waals surface area contributed by atoms with Crippen LogP contribution in [0, 0.1) is 23.6 Å². The number of ether oxygens (including phenoxy) is 2. The van der Waals surface area contributed by atoms with Crippen LogP contribution in [0.25, 0.3) is 0 Å². The van der Waals surface area contributed by atoms with Crippen molar-refractivity contribution in [2.75, 3.05) is 19.0 Å². The topological polar surface area (TPSA) is 111 Å². The van der Waals surface area contributed by atoms with Crippen molar-refractivity contribution in [2.45, 2.75) is 36.2 Å². The van der Waals surface area contributed by atoms with E-state index in [1.165, 1.54) is 19.2 Å². The van der Waals surface area contributed by atoms with E-state index >= 15 is 0 Å². The third-order valence-corrected chi connectivity index (χ3v) is 8.22. The molecule has 4 rings (SSSR count). The summed E-state index contributed by atoms with van der Waals surface area (Å²) in [5, 5.41) is 5.31. The zero-order valence-electron chi connectivity index (χ0n) is 20.9. The van der Waals surface area contributed by atoms with Gasteiger partial charge in [0.1, 0.15) is 5.75 Å². The third kappa shape index (κ3) is 5.58. The van der Waals surface area contributed by atoms with Crippen molar-refractivity contribution in [3.8, 4) is 11.5 Å². The molecule has 2 aliphatic rings. The number of hydrogen-bond acceptors (Lipinski definition) is 6. The molecule has 8 nitrogen and oxygen atoms in total. The Morgan fingerprint density at radius 2 is 1.79 bits per heavy atom. The number of halogens is 4. The van der Waals surface area contributed by atoms with Crippen molar-refractivity contribution in [3.05, 3.63) is 59.9 Å². The Balaban J connectivity index is 1.56. The van der Waals surface area contributed by atoms with Crippen LogP contribution < -0.4 is 20.1 Å². The number of benzene rings is 2. The number of anilines is 1. The monoisotopic (exact) mass is 570 g/mol. The van der Waals surface area contributed by atoms with Gasteiger partial charge in [0.05, 0.1) is 30.1 Å². The number of rotatable bonds is 9. The zero-order chi connectivity index (χ0) is 28.5. The first-order chi connectivity index (χ1) is 18.4. The summed E-state index contributed by atoms with van der Waals surface area (Å²) in [5.41, 5.74) is -5.63. The van der Waals surface area contributed by atoms with Gasteiger partial charge in [0.25, 0.3) is 15.7 Å². The molecule has 2 aromatic rings. The number of sulfone groups is 1. The average Bonchev–Trinajstić information content (AvgIpc) is 3.49. The molecule has 0 spiro atoms. The Labute approximate surface area is 222 Å². The van der Waals surface area contributed by atoms with Gasteiger partial charge in [0, 0.05) is 17.8 Å². The molecule has 0 unspecified atom stereocenters. The molecule has 2 amide bonds. The van der Waals surface area contributed by atoms with Crippen molar-refractivity contribution in [3.63, 3.8) is 0 Å². The largest absolute Gasteiger partial charge is 0.501 e. The summed E-state index contributed by atoms with van der Waals surface area (Å²) in [5.74, 6) is -3.35. The second kappa shape index (κ2) is 10.9. The first-order valence-corrected chi connectivity index (χ1v) is 13.6. The molecule has 1 fully saturated rings. The molecule has 2 bridgehead atoms. The summed E-state index contributed by atoms with van der Waals surface area (Å²) in [6.45, 7) is 2.07. The normalized spacial score (nSPS) is 22.0. The molecule has 0 saturated heterocycles. The van der Waals surface area contributed by atoms with E-state index in [-0.39, 0.29) is 41.2 Å². The average molecular weight is 571 g/mol. The standard InChI is InChI=1S/C26H26F4N2O6S/c1-3-9-38-21-12-18(20(37-2)13-19(21)27)24(33)32-23-15-8-7-14(10-15)22(23)25(34)31-16-5-4-6-17(11-16)39(35,36)26(28,29)30/h4-8,11-15,22-23H,3,9-10H2,1-2H3,(H,31,34)(H,32,33)/t14-,15+,22+,23-/m1/s1. The maximum absolute atomic E-state index is 14.4. The van der Waals surface area contributed by atoms with E-state index in [4.69, 9.17) is 9.47 Å². The van der Waals surface area contributed by atoms with Crippen molar-refractivity contribution >= 4 is 27.3 Å². The molecule has 2 aliphatic carbocycles. The molecule has 39 heavy (non-hydrogen) atoms. The highest BCUT2D eigenvalue weighted by Gasteiger charge is 2.49. The summed E-state index contributed by atoms with van der Waals surface area (Å²) < 4.78 is 87.4. The van der Waals surface area contributed by atoms with E-state index in [1.54, 1.807) is 0 Å². The van der Waals surface area contributed by atoms with Crippen molar-refractivity contribution in [2.24, 2.45) is 17.8 Å². The van der Waals surface area contributed by atoms with Gasteiger partial charge < -0.3 is 20.1 Å². The number of hydrogen-bond donors (Lipinski definition) is 2. The van der Waals surface area contributed by atoms with Crippen LogP contribution in [0.2, 0.25) is 0 Å². The molecule has 0 aliphatic heterocycles. The zero-order valence-corrected chi connectivity index (χ0v) is 21.7. The minimum Gasteiger partial charge on any atom is -0.496 e. The van der Waals surface area contributed by atoms with Gasteiger partial charge in [0.15, 0.2) is 11.6 Å². The summed E-state index contributed by atoms with van der Waals surface area (Å²) in [6, 6.07) is 5.45. The number of carbonyl (C=O) groups is 2. The summed E-state index contributed by atoms with van der Waals surface area (Å²) in [7, 11) is -4.33. The van der Waals surface area contributed by atoms with Crippen LogP contribution in [0.15, 0.2) is 53.4 Å². The Bertz CT molecular complexity index is 1410. The van der Waals surface area contributed by atoms with Crippen molar-refractivity contribution in [1.29, 1.82) is 0 Å². The lowest BCUT2D eigenvalue weighted by molar-refractivity contribution is -0.121. The van der Waals surface area contributed by atoms with Crippen LogP contribution in [0.3, 0.4) is 0 Å². The first kappa shape index (κ1) is 28.4. The molecule has 13 heteroatoms. The van der Waals surface area contributed by atoms with Gasteiger partial charge in [-0.3, -0.25) is 9.59 Å². The lowest BCUT2D eigenvalue weighted by atomic mass is 9.87. The lowest BCUT2D eigenvalue weighted by Crippen LogP contribution is -2.47. The summed E-state index contributed by atoms with van der Waals surface area (Å²) >= 11 is 0. The molecule has 4 atom stereocenters. The van der Waals surface area contributed by atoms with E-state index in [0.29, 0.717) is 12.8 Å². The molecule has 0 radical (unpaired) electrons. The number of alkyl halides is 3. The van der Waals surface area contributed by atoms with Gasteiger partial charge in [-0.05, 0) is 48.9 Å². The number of amides is 2. The lowest BCUT2D eigenvalue weighted by Gasteiger charge is -2.28. The quantitative estimate of drug-likeness (QED) is 0.340. The van der Waals surface area contributed by atoms with Crippen LogP contribution in [-0.2, 0) is 14.6 Å². The molecule has 2 aromatic carbocycles. The Hall–Kier alpha value is -3.61. The number of nitrogens with one attached hydrogen (secondary N) is 2. The number of allylic oxidation sites excluding steroid dienone is 1. The number of carbonyl (C=O) groups excluding carboxylic acids is 2. The SMILES string of the molecule is CCCOc1cc(C(=O)N[C@H]2[C@@H](C(=O)Nc3cccc(S(=O)(=O)C(F)(F)F)c3)[C@@H]3C=C[C@H]2C3)c(OC)cc1F. The van der Waals surface area contributed by atoms with E-state index in [1.807, 2.05) is 19.1 Å². The Kier molecular flexibility index (Phi) is 7.92. The minimum atomic E-state index is -5.61. The highest BCUT2D eigenvalue weighted by molar-refractivity contribution is 7.92. The van der Waals surface area contributed by atoms with Crippen molar-refractivity contribution < 1.29 is 45.0 Å². The fourth-order valence-corrected chi connectivity index (χ4v) is 5.72. The highest BCUT2D eigenvalue weighted by Crippen LogP contribution is 2.44. The van der Waals surface area contributed by atoms with Crippen LogP contribution in [-0.4, -0.2) is 45.5 Å². The molecule has 0 heterocycles. The van der Waals surface area contributed by atoms with Gasteiger partial charge >= 0.3 is 5.51 Å². The molecular weight excluding hydrogens is 544 g/mol. The number of fused-ring (bicyclic) bond motifs is 2. The second-order valence-corrected chi connectivity index (χ2v) is 11.2. The second-order valence-electron chi connectivity index (χ2n) is 9.27. The van der Waals surface area contributed by atoms with E-state index < -0.39 is 49.8 Å². The maximum atomic E-state index is 14.4. The predicted molar refractivity (Wildman–Crippen MR) is 133 cm³/mol. The Morgan fingerprint density at radius 1 is 1.08 bits per heavy atom. The van der Waals surface area contributed by atoms with Gasteiger partial charge in [-0.2, -0.15) is 13.2 Å². The van der Waals surface area contributed by atoms with Gasteiger partial charge in [-0.1, -0.05) is 25.1 Å². The minimum absolute atomic E-state index is 0.000901. The fraction of sp³-hybridized carbons (Fsp3) is 0.385. The van der Waals surface area contributed by atoms with E-state index in [9.17, 15) is 35.6 Å². The van der Waals surface area contributed by atoms with Gasteiger partial charge in [-0.25, -0.2) is 12.8 Å². The van der Waals surface area contributed by atoms with Crippen LogP contribution in [0.4, 0.5) is 23.2 Å². The molecule has 1 saturated carbocycles. The Morgan fingerprint density at radius 3 is 2.46 bits per heavy atom. The van der Waals surface area contributed by atoms with Crippen LogP contribution >= 0.6 is 0 Å². The maximum Gasteiger partial charge on any atom is 0.501 e. The molecule has 0 aromatic heterocycles. The first-order valence-electron chi connectivity index (χ1n) is 12.1. The molecule has 2 N–H and O–H groups in total. The van der Waals surface area contributed by atoms with Gasteiger partial charge in [-0.15, -0.1) is 0 Å². The predicted octanol–water partition coefficient (Wildman–Crippen LogP) is 4.48. The fourth-order valence-electron chi connectivity index (χ4n) is 4.91. The third-order valence-electron chi connectivity index (χ3n) is 6.74. The van der Waals surface area contributed by atoms with Crippen LogP contribution in [0.1, 0.15) is 30.1 Å². The summed E-state index contributed by atoms with van der Waals surface area (Å²) in [4.78, 5) is 25.5. The van der Waals surface area contributed by atoms with E-state index in [2.05, 4.69) is 10.6 Å².